The summed E-state index contributed by atoms with van der Waals surface area (Å²) in [6, 6.07) is 5.25. The first kappa shape index (κ1) is 21.4. The lowest BCUT2D eigenvalue weighted by Crippen LogP contribution is -2.48. The van der Waals surface area contributed by atoms with Crippen molar-refractivity contribution in [2.24, 2.45) is 0 Å². The van der Waals surface area contributed by atoms with E-state index in [0.717, 1.165) is 25.1 Å². The number of benzene rings is 1. The number of carboxylic acids is 1. The number of likely N-dealkylation sites (tertiary alicyclic amines) is 1. The summed E-state index contributed by atoms with van der Waals surface area (Å²) in [6.45, 7) is 1.18. The normalized spacial score (nSPS) is 22.3. The van der Waals surface area contributed by atoms with E-state index in [0.29, 0.717) is 17.9 Å². The van der Waals surface area contributed by atoms with Crippen LogP contribution in [0.5, 0.6) is 5.75 Å². The molecule has 29 heavy (non-hydrogen) atoms. The van der Waals surface area contributed by atoms with Crippen LogP contribution >= 0.6 is 11.8 Å². The quantitative estimate of drug-likeness (QED) is 0.497. The predicted octanol–water partition coefficient (Wildman–Crippen LogP) is 0.416. The molecule has 0 aliphatic carbocycles. The third-order valence-corrected chi connectivity index (χ3v) is 6.11. The highest BCUT2D eigenvalue weighted by Crippen LogP contribution is 2.20. The van der Waals surface area contributed by atoms with Crippen molar-refractivity contribution in [3.63, 3.8) is 0 Å². The molecule has 2 aliphatic rings. The molecule has 1 aromatic carbocycles. The number of carbonyl (C=O) groups excluding carboxylic acids is 2. The van der Waals surface area contributed by atoms with E-state index in [2.05, 4.69) is 10.6 Å². The van der Waals surface area contributed by atoms with Crippen LogP contribution in [0.4, 0.5) is 4.79 Å². The monoisotopic (exact) mass is 423 g/mol. The van der Waals surface area contributed by atoms with E-state index in [1.54, 1.807) is 24.3 Å². The van der Waals surface area contributed by atoms with Gasteiger partial charge in [0.1, 0.15) is 17.2 Å². The van der Waals surface area contributed by atoms with Crippen molar-refractivity contribution in [3.8, 4) is 5.75 Å². The maximum Gasteiger partial charge on any atom is 0.415 e. The van der Waals surface area contributed by atoms with Crippen molar-refractivity contribution in [3.05, 3.63) is 29.8 Å². The number of nitrogens with zero attached hydrogens (tertiary/aromatic N) is 1. The van der Waals surface area contributed by atoms with Gasteiger partial charge in [0.15, 0.2) is 0 Å². The van der Waals surface area contributed by atoms with Crippen LogP contribution in [-0.4, -0.2) is 76.0 Å². The Kier molecular flexibility index (Phi) is 7.34. The second-order valence-corrected chi connectivity index (χ2v) is 8.21. The number of carboxylic acid groups (broad SMARTS) is 1. The molecule has 0 saturated carbocycles. The van der Waals surface area contributed by atoms with Crippen LogP contribution < -0.4 is 15.4 Å². The summed E-state index contributed by atoms with van der Waals surface area (Å²) in [5.41, 5.74) is 0.693. The lowest BCUT2D eigenvalue weighted by Gasteiger charge is -2.22. The molecule has 0 spiro atoms. The van der Waals surface area contributed by atoms with E-state index in [-0.39, 0.29) is 25.0 Å². The number of aliphatic hydroxyl groups is 1. The Labute approximate surface area is 172 Å². The van der Waals surface area contributed by atoms with Crippen molar-refractivity contribution in [2.45, 2.75) is 36.7 Å². The second kappa shape index (κ2) is 9.95. The van der Waals surface area contributed by atoms with Gasteiger partial charge in [-0.3, -0.25) is 10.1 Å². The number of aliphatic hydroxyl groups excluding tert-OH is 1. The van der Waals surface area contributed by atoms with Crippen LogP contribution in [0.1, 0.15) is 18.4 Å². The third kappa shape index (κ3) is 5.62. The van der Waals surface area contributed by atoms with E-state index in [1.807, 2.05) is 0 Å². The van der Waals surface area contributed by atoms with Gasteiger partial charge in [-0.2, -0.15) is 0 Å². The number of thioether (sulfide) groups is 1. The fourth-order valence-corrected chi connectivity index (χ4v) is 4.32. The summed E-state index contributed by atoms with van der Waals surface area (Å²) in [6.07, 6.45) is 1.19. The average Bonchev–Trinajstić information content (AvgIpc) is 3.40. The molecule has 3 rings (SSSR count). The molecule has 2 heterocycles. The average molecular weight is 423 g/mol. The number of aliphatic carboxylic acids is 1. The van der Waals surface area contributed by atoms with Crippen LogP contribution in [-0.2, 0) is 16.0 Å². The number of hydrogen-bond acceptors (Lipinski definition) is 7. The van der Waals surface area contributed by atoms with Gasteiger partial charge in [-0.1, -0.05) is 12.1 Å². The number of hydrogen-bond donors (Lipinski definition) is 4. The second-order valence-electron chi connectivity index (χ2n) is 6.99. The minimum absolute atomic E-state index is 0.0920. The van der Waals surface area contributed by atoms with Gasteiger partial charge in [0.05, 0.1) is 12.6 Å². The standard InChI is InChI=1S/C19H25N3O6S/c23-11-13-2-1-8-22(13)19(27)28-14-5-3-12(4-6-14)10-15(18(25)26)21-16(24)17-20-7-9-29-17/h3-6,13,15,17,20,23H,1-2,7-11H2,(H,21,24)(H,25,26)/t13?,15-,17-/m0/s1. The largest absolute Gasteiger partial charge is 0.480 e. The molecule has 1 unspecified atom stereocenters. The minimum atomic E-state index is -1.11. The molecule has 9 nitrogen and oxygen atoms in total. The van der Waals surface area contributed by atoms with Gasteiger partial charge in [0, 0.05) is 25.3 Å². The maximum absolute atomic E-state index is 12.2. The van der Waals surface area contributed by atoms with E-state index in [9.17, 15) is 24.6 Å². The summed E-state index contributed by atoms with van der Waals surface area (Å²) in [5, 5.41) is 23.9. The predicted molar refractivity (Wildman–Crippen MR) is 107 cm³/mol. The van der Waals surface area contributed by atoms with E-state index >= 15 is 0 Å². The molecule has 158 valence electrons. The molecule has 2 fully saturated rings. The van der Waals surface area contributed by atoms with Gasteiger partial charge in [-0.05, 0) is 30.5 Å². The Hall–Kier alpha value is -2.30. The third-order valence-electron chi connectivity index (χ3n) is 4.96. The number of amides is 2. The van der Waals surface area contributed by atoms with Crippen molar-refractivity contribution in [1.82, 2.24) is 15.5 Å². The van der Waals surface area contributed by atoms with Crippen LogP contribution in [0, 0.1) is 0 Å². The first-order valence-electron chi connectivity index (χ1n) is 9.54. The van der Waals surface area contributed by atoms with Gasteiger partial charge in [0.25, 0.3) is 0 Å². The van der Waals surface area contributed by atoms with Gasteiger partial charge >= 0.3 is 12.1 Å². The summed E-state index contributed by atoms with van der Waals surface area (Å²) < 4.78 is 5.35. The Morgan fingerprint density at radius 1 is 1.31 bits per heavy atom. The van der Waals surface area contributed by atoms with Gasteiger partial charge < -0.3 is 25.2 Å². The zero-order chi connectivity index (χ0) is 20.8. The lowest BCUT2D eigenvalue weighted by molar-refractivity contribution is -0.141. The van der Waals surface area contributed by atoms with Crippen molar-refractivity contribution < 1.29 is 29.3 Å². The van der Waals surface area contributed by atoms with E-state index in [1.165, 1.54) is 16.7 Å². The highest BCUT2D eigenvalue weighted by molar-refractivity contribution is 8.00. The van der Waals surface area contributed by atoms with Crippen LogP contribution in [0.25, 0.3) is 0 Å². The summed E-state index contributed by atoms with van der Waals surface area (Å²) in [4.78, 5) is 37.5. The maximum atomic E-state index is 12.2. The summed E-state index contributed by atoms with van der Waals surface area (Å²) in [5.74, 6) is -0.299. The van der Waals surface area contributed by atoms with Gasteiger partial charge in [-0.25, -0.2) is 9.59 Å². The topological polar surface area (TPSA) is 128 Å². The molecule has 10 heteroatoms. The number of ether oxygens (including phenoxy) is 1. The minimum Gasteiger partial charge on any atom is -0.480 e. The van der Waals surface area contributed by atoms with Gasteiger partial charge in [-0.15, -0.1) is 11.8 Å². The summed E-state index contributed by atoms with van der Waals surface area (Å²) >= 11 is 1.45. The molecule has 0 aromatic heterocycles. The first-order chi connectivity index (χ1) is 14.0. The Balaban J connectivity index is 1.56. The molecule has 4 N–H and O–H groups in total. The van der Waals surface area contributed by atoms with E-state index in [4.69, 9.17) is 4.74 Å². The van der Waals surface area contributed by atoms with E-state index < -0.39 is 23.5 Å². The van der Waals surface area contributed by atoms with Crippen molar-refractivity contribution in [2.75, 3.05) is 25.4 Å². The number of carbonyl (C=O) groups is 3. The van der Waals surface area contributed by atoms with Crippen LogP contribution in [0.15, 0.2) is 24.3 Å². The zero-order valence-corrected chi connectivity index (χ0v) is 16.7. The molecule has 2 saturated heterocycles. The zero-order valence-electron chi connectivity index (χ0n) is 15.9. The highest BCUT2D eigenvalue weighted by atomic mass is 32.2. The first-order valence-corrected chi connectivity index (χ1v) is 10.6. The van der Waals surface area contributed by atoms with Crippen LogP contribution in [0.3, 0.4) is 0 Å². The fourth-order valence-electron chi connectivity index (χ4n) is 3.40. The Morgan fingerprint density at radius 2 is 2.07 bits per heavy atom. The van der Waals surface area contributed by atoms with Gasteiger partial charge in [0.2, 0.25) is 5.91 Å². The van der Waals surface area contributed by atoms with Crippen molar-refractivity contribution in [1.29, 1.82) is 0 Å². The SMILES string of the molecule is O=C(O)[C@H](Cc1ccc(OC(=O)N2CCCC2CO)cc1)NC(=O)[C@H]1NCCS1. The number of nitrogens with one attached hydrogen (secondary N) is 2. The molecule has 0 bridgehead atoms. The van der Waals surface area contributed by atoms with Crippen molar-refractivity contribution >= 4 is 29.7 Å². The number of rotatable bonds is 7. The fraction of sp³-hybridized carbons (Fsp3) is 0.526. The highest BCUT2D eigenvalue weighted by Gasteiger charge is 2.30. The molecule has 2 amide bonds. The Bertz CT molecular complexity index is 738. The molecular formula is C19H25N3O6S. The molecular weight excluding hydrogens is 398 g/mol. The molecule has 0 radical (unpaired) electrons. The lowest BCUT2D eigenvalue weighted by atomic mass is 10.1. The molecule has 1 aromatic rings. The smallest absolute Gasteiger partial charge is 0.415 e. The Morgan fingerprint density at radius 3 is 2.69 bits per heavy atom. The summed E-state index contributed by atoms with van der Waals surface area (Å²) in [7, 11) is 0. The van der Waals surface area contributed by atoms with Crippen LogP contribution in [0.2, 0.25) is 0 Å². The molecule has 2 aliphatic heterocycles. The molecule has 3 atom stereocenters.